The first-order valence-electron chi connectivity index (χ1n) is 6.97. The van der Waals surface area contributed by atoms with Crippen LogP contribution in [0.3, 0.4) is 0 Å². The number of aromatic nitrogens is 4. The molecular formula is C14H18N4O2. The molecule has 1 aliphatic rings. The van der Waals surface area contributed by atoms with Crippen molar-refractivity contribution < 1.29 is 9.84 Å². The lowest BCUT2D eigenvalue weighted by Crippen LogP contribution is -2.29. The first kappa shape index (κ1) is 13.1. The molecule has 6 nitrogen and oxygen atoms in total. The van der Waals surface area contributed by atoms with Crippen LogP contribution >= 0.6 is 0 Å². The summed E-state index contributed by atoms with van der Waals surface area (Å²) in [5.74, 6) is 1.31. The van der Waals surface area contributed by atoms with E-state index in [-0.39, 0.29) is 18.8 Å². The molecule has 1 aliphatic carbocycles. The smallest absolute Gasteiger partial charge is 0.212 e. The number of aliphatic hydroxyl groups excluding tert-OH is 1. The van der Waals surface area contributed by atoms with E-state index in [1.54, 1.807) is 0 Å². The highest BCUT2D eigenvalue weighted by atomic mass is 16.5. The number of tetrazole rings is 1. The van der Waals surface area contributed by atoms with Crippen LogP contribution in [0.5, 0.6) is 5.75 Å². The van der Waals surface area contributed by atoms with Crippen LogP contribution in [0.2, 0.25) is 0 Å². The second-order valence-corrected chi connectivity index (χ2v) is 5.05. The number of aliphatic hydroxyl groups is 1. The quantitative estimate of drug-likeness (QED) is 0.919. The number of ether oxygens (including phenoxy) is 1. The number of hydrogen-bond donors (Lipinski definition) is 1. The van der Waals surface area contributed by atoms with Crippen molar-refractivity contribution in [3.8, 4) is 5.75 Å². The molecule has 1 saturated carbocycles. The molecule has 0 amide bonds. The summed E-state index contributed by atoms with van der Waals surface area (Å²) in [6.45, 7) is 0.285. The van der Waals surface area contributed by atoms with Crippen molar-refractivity contribution in [1.82, 2.24) is 20.2 Å². The van der Waals surface area contributed by atoms with Gasteiger partial charge in [0, 0.05) is 0 Å². The molecule has 0 aliphatic heterocycles. The average Bonchev–Trinajstić information content (AvgIpc) is 2.95. The average molecular weight is 274 g/mol. The van der Waals surface area contributed by atoms with Crippen molar-refractivity contribution in [3.63, 3.8) is 0 Å². The normalized spacial score (nSPS) is 22.6. The molecule has 0 unspecified atom stereocenters. The van der Waals surface area contributed by atoms with E-state index in [1.165, 1.54) is 4.80 Å². The van der Waals surface area contributed by atoms with Crippen LogP contribution in [0.15, 0.2) is 30.3 Å². The van der Waals surface area contributed by atoms with Gasteiger partial charge in [-0.15, -0.1) is 10.2 Å². The van der Waals surface area contributed by atoms with Gasteiger partial charge in [-0.2, -0.15) is 4.80 Å². The lowest BCUT2D eigenvalue weighted by atomic mass is 9.93. The lowest BCUT2D eigenvalue weighted by molar-refractivity contribution is 0.0610. The van der Waals surface area contributed by atoms with E-state index in [1.807, 2.05) is 30.3 Å². The summed E-state index contributed by atoms with van der Waals surface area (Å²) < 4.78 is 5.58. The Hall–Kier alpha value is -1.95. The van der Waals surface area contributed by atoms with Gasteiger partial charge in [0.2, 0.25) is 5.82 Å². The minimum Gasteiger partial charge on any atom is -0.485 e. The van der Waals surface area contributed by atoms with Gasteiger partial charge in [-0.3, -0.25) is 0 Å². The van der Waals surface area contributed by atoms with Gasteiger partial charge in [0.1, 0.15) is 5.75 Å². The van der Waals surface area contributed by atoms with Gasteiger partial charge in [-0.1, -0.05) is 31.0 Å². The summed E-state index contributed by atoms with van der Waals surface area (Å²) in [7, 11) is 0. The second-order valence-electron chi connectivity index (χ2n) is 5.05. The zero-order valence-corrected chi connectivity index (χ0v) is 11.2. The number of rotatable bonds is 4. The standard InChI is InChI=1S/C14H18N4O2/c19-13-9-5-4-8-12(13)18-16-14(15-17-18)10-20-11-6-2-1-3-7-11/h1-3,6-7,12-13,19H,4-5,8-10H2/t12-,13+/m0/s1. The first-order valence-corrected chi connectivity index (χ1v) is 6.97. The largest absolute Gasteiger partial charge is 0.485 e. The van der Waals surface area contributed by atoms with Crippen LogP contribution in [0.1, 0.15) is 37.5 Å². The van der Waals surface area contributed by atoms with Crippen molar-refractivity contribution in [2.24, 2.45) is 0 Å². The van der Waals surface area contributed by atoms with Crippen molar-refractivity contribution >= 4 is 0 Å². The van der Waals surface area contributed by atoms with Gasteiger partial charge in [0.05, 0.1) is 12.1 Å². The summed E-state index contributed by atoms with van der Waals surface area (Å²) in [5, 5.41) is 22.3. The maximum Gasteiger partial charge on any atom is 0.212 e. The highest BCUT2D eigenvalue weighted by Crippen LogP contribution is 2.27. The van der Waals surface area contributed by atoms with Gasteiger partial charge in [-0.05, 0) is 30.2 Å². The predicted molar refractivity (Wildman–Crippen MR) is 72.1 cm³/mol. The first-order chi connectivity index (χ1) is 9.83. The molecule has 0 bridgehead atoms. The van der Waals surface area contributed by atoms with E-state index in [0.29, 0.717) is 5.82 Å². The van der Waals surface area contributed by atoms with Crippen LogP contribution in [0.4, 0.5) is 0 Å². The Labute approximate surface area is 117 Å². The lowest BCUT2D eigenvalue weighted by Gasteiger charge is -2.25. The van der Waals surface area contributed by atoms with E-state index in [2.05, 4.69) is 15.4 Å². The van der Waals surface area contributed by atoms with Gasteiger partial charge < -0.3 is 9.84 Å². The molecule has 106 valence electrons. The molecule has 20 heavy (non-hydrogen) atoms. The summed E-state index contributed by atoms with van der Waals surface area (Å²) in [6.07, 6.45) is 3.49. The number of nitrogens with zero attached hydrogens (tertiary/aromatic N) is 4. The molecule has 3 rings (SSSR count). The predicted octanol–water partition coefficient (Wildman–Crippen LogP) is 1.73. The monoisotopic (exact) mass is 274 g/mol. The Kier molecular flexibility index (Phi) is 3.92. The molecule has 0 spiro atoms. The Balaban J connectivity index is 1.62. The summed E-state index contributed by atoms with van der Waals surface area (Å²) in [4.78, 5) is 1.54. The highest BCUT2D eigenvalue weighted by molar-refractivity contribution is 5.20. The number of para-hydroxylation sites is 1. The molecule has 1 heterocycles. The van der Waals surface area contributed by atoms with E-state index in [4.69, 9.17) is 4.74 Å². The third-order valence-electron chi connectivity index (χ3n) is 3.57. The fourth-order valence-electron chi connectivity index (χ4n) is 2.48. The molecule has 6 heteroatoms. The van der Waals surface area contributed by atoms with Crippen molar-refractivity contribution in [2.45, 2.75) is 44.4 Å². The zero-order chi connectivity index (χ0) is 13.8. The van der Waals surface area contributed by atoms with Crippen LogP contribution in [0.25, 0.3) is 0 Å². The van der Waals surface area contributed by atoms with E-state index < -0.39 is 0 Å². The van der Waals surface area contributed by atoms with Gasteiger partial charge >= 0.3 is 0 Å². The van der Waals surface area contributed by atoms with Crippen molar-refractivity contribution in [3.05, 3.63) is 36.2 Å². The Morgan fingerprint density at radius 3 is 2.80 bits per heavy atom. The van der Waals surface area contributed by atoms with Gasteiger partial charge in [0.25, 0.3) is 0 Å². The van der Waals surface area contributed by atoms with Gasteiger partial charge in [-0.25, -0.2) is 0 Å². The summed E-state index contributed by atoms with van der Waals surface area (Å²) in [5.41, 5.74) is 0. The van der Waals surface area contributed by atoms with E-state index in [0.717, 1.165) is 31.4 Å². The van der Waals surface area contributed by atoms with Crippen LogP contribution in [0, 0.1) is 0 Å². The molecule has 2 atom stereocenters. The molecule has 1 aromatic carbocycles. The minimum absolute atomic E-state index is 0.0540. The summed E-state index contributed by atoms with van der Waals surface area (Å²) >= 11 is 0. The molecule has 1 N–H and O–H groups in total. The fraction of sp³-hybridized carbons (Fsp3) is 0.500. The Morgan fingerprint density at radius 2 is 2.00 bits per heavy atom. The van der Waals surface area contributed by atoms with Gasteiger partial charge in [0.15, 0.2) is 6.61 Å². The Bertz CT molecular complexity index is 543. The minimum atomic E-state index is -0.374. The molecule has 0 saturated heterocycles. The van der Waals surface area contributed by atoms with E-state index >= 15 is 0 Å². The maximum absolute atomic E-state index is 9.98. The molecule has 1 fully saturated rings. The molecule has 0 radical (unpaired) electrons. The van der Waals surface area contributed by atoms with Crippen molar-refractivity contribution in [2.75, 3.05) is 0 Å². The third kappa shape index (κ3) is 2.96. The second kappa shape index (κ2) is 6.00. The highest BCUT2D eigenvalue weighted by Gasteiger charge is 2.26. The fourth-order valence-corrected chi connectivity index (χ4v) is 2.48. The van der Waals surface area contributed by atoms with E-state index in [9.17, 15) is 5.11 Å². The molecular weight excluding hydrogens is 256 g/mol. The maximum atomic E-state index is 9.98. The third-order valence-corrected chi connectivity index (χ3v) is 3.57. The summed E-state index contributed by atoms with van der Waals surface area (Å²) in [6, 6.07) is 9.48. The van der Waals surface area contributed by atoms with Crippen LogP contribution in [-0.2, 0) is 6.61 Å². The van der Waals surface area contributed by atoms with Crippen molar-refractivity contribution in [1.29, 1.82) is 0 Å². The molecule has 2 aromatic rings. The van der Waals surface area contributed by atoms with Crippen LogP contribution < -0.4 is 4.74 Å². The topological polar surface area (TPSA) is 73.1 Å². The van der Waals surface area contributed by atoms with Crippen LogP contribution in [-0.4, -0.2) is 31.4 Å². The molecule has 1 aromatic heterocycles. The number of benzene rings is 1. The zero-order valence-electron chi connectivity index (χ0n) is 11.2. The SMILES string of the molecule is O[C@@H]1CCCC[C@@H]1n1nnc(COc2ccccc2)n1. The Morgan fingerprint density at radius 1 is 1.20 bits per heavy atom. The number of hydrogen-bond acceptors (Lipinski definition) is 5.